The third-order valence-electron chi connectivity index (χ3n) is 5.34. The van der Waals surface area contributed by atoms with Crippen LogP contribution in [-0.2, 0) is 16.0 Å². The maximum absolute atomic E-state index is 12.4. The Hall–Kier alpha value is -3.23. The van der Waals surface area contributed by atoms with Gasteiger partial charge in [-0.05, 0) is 54.8 Å². The molecule has 0 saturated carbocycles. The maximum atomic E-state index is 12.4. The van der Waals surface area contributed by atoms with Gasteiger partial charge < -0.3 is 15.5 Å². The van der Waals surface area contributed by atoms with Crippen molar-refractivity contribution in [3.05, 3.63) is 75.3 Å². The first-order valence-electron chi connectivity index (χ1n) is 10.6. The topological polar surface area (TPSA) is 91.4 Å². The molecule has 4 rings (SSSR count). The minimum Gasteiger partial charge on any atom is -0.343 e. The Balaban J connectivity index is 1.26. The van der Waals surface area contributed by atoms with E-state index in [1.807, 2.05) is 25.1 Å². The van der Waals surface area contributed by atoms with Crippen LogP contribution in [0.1, 0.15) is 39.2 Å². The molecule has 170 valence electrons. The lowest BCUT2D eigenvalue weighted by molar-refractivity contribution is -0.117. The van der Waals surface area contributed by atoms with Gasteiger partial charge in [0.2, 0.25) is 11.8 Å². The van der Waals surface area contributed by atoms with E-state index in [1.54, 1.807) is 35.4 Å². The van der Waals surface area contributed by atoms with Crippen LogP contribution in [0.25, 0.3) is 0 Å². The number of halogens is 1. The predicted octanol–water partition coefficient (Wildman–Crippen LogP) is 4.19. The average Bonchev–Trinajstić information content (AvgIpc) is 3.43. The fourth-order valence-electron chi connectivity index (χ4n) is 3.53. The lowest BCUT2D eigenvalue weighted by atomic mass is 10.1. The molecule has 1 saturated heterocycles. The van der Waals surface area contributed by atoms with E-state index in [9.17, 15) is 14.4 Å². The van der Waals surface area contributed by atoms with Crippen molar-refractivity contribution in [2.24, 2.45) is 0 Å². The van der Waals surface area contributed by atoms with Gasteiger partial charge in [0, 0.05) is 46.7 Å². The molecule has 1 fully saturated rings. The van der Waals surface area contributed by atoms with Crippen molar-refractivity contribution in [3.8, 4) is 0 Å². The van der Waals surface area contributed by atoms with Crippen molar-refractivity contribution in [2.75, 3.05) is 23.3 Å². The van der Waals surface area contributed by atoms with E-state index in [1.165, 1.54) is 11.3 Å². The molecular weight excluding hydrogens is 460 g/mol. The molecule has 2 aromatic carbocycles. The highest BCUT2D eigenvalue weighted by Gasteiger charge is 2.21. The second kappa shape index (κ2) is 10.1. The summed E-state index contributed by atoms with van der Waals surface area (Å²) in [4.78, 5) is 43.4. The van der Waals surface area contributed by atoms with E-state index in [4.69, 9.17) is 11.6 Å². The number of aromatic nitrogens is 1. The maximum Gasteiger partial charge on any atom is 0.251 e. The van der Waals surface area contributed by atoms with Crippen molar-refractivity contribution >= 4 is 51.5 Å². The van der Waals surface area contributed by atoms with Gasteiger partial charge in [0.1, 0.15) is 0 Å². The fourth-order valence-corrected chi connectivity index (χ4v) is 4.60. The zero-order valence-corrected chi connectivity index (χ0v) is 19.6. The van der Waals surface area contributed by atoms with Crippen molar-refractivity contribution in [1.82, 2.24) is 10.3 Å². The SMILES string of the molecule is Cc1ccc(Cc2cnc(NC(=O)CNC(=O)c3ccc(N4CCCC4=O)cc3)s2)cc1Cl. The molecule has 0 bridgehead atoms. The first kappa shape index (κ1) is 22.9. The molecule has 0 atom stereocenters. The number of carbonyl (C=O) groups is 3. The van der Waals surface area contributed by atoms with Gasteiger partial charge in [0.25, 0.3) is 5.91 Å². The number of nitrogens with zero attached hydrogens (tertiary/aromatic N) is 2. The summed E-state index contributed by atoms with van der Waals surface area (Å²) in [6.07, 6.45) is 3.79. The molecule has 0 unspecified atom stereocenters. The molecule has 9 heteroatoms. The highest BCUT2D eigenvalue weighted by Crippen LogP contribution is 2.24. The number of thiazole rings is 1. The van der Waals surface area contributed by atoms with Gasteiger partial charge in [-0.15, -0.1) is 11.3 Å². The Labute approximate surface area is 200 Å². The number of amides is 3. The summed E-state index contributed by atoms with van der Waals surface area (Å²) in [5.41, 5.74) is 3.29. The second-order valence-corrected chi connectivity index (χ2v) is 9.34. The molecule has 2 N–H and O–H groups in total. The van der Waals surface area contributed by atoms with Crippen molar-refractivity contribution in [3.63, 3.8) is 0 Å². The molecule has 2 heterocycles. The van der Waals surface area contributed by atoms with Crippen LogP contribution in [-0.4, -0.2) is 35.8 Å². The largest absolute Gasteiger partial charge is 0.343 e. The van der Waals surface area contributed by atoms with Crippen molar-refractivity contribution < 1.29 is 14.4 Å². The molecular formula is C24H23ClN4O3S. The predicted molar refractivity (Wildman–Crippen MR) is 130 cm³/mol. The van der Waals surface area contributed by atoms with Crippen LogP contribution < -0.4 is 15.5 Å². The summed E-state index contributed by atoms with van der Waals surface area (Å²) in [5.74, 6) is -0.626. The van der Waals surface area contributed by atoms with Gasteiger partial charge in [-0.25, -0.2) is 4.98 Å². The summed E-state index contributed by atoms with van der Waals surface area (Å²) < 4.78 is 0. The Kier molecular flexibility index (Phi) is 7.05. The smallest absolute Gasteiger partial charge is 0.251 e. The zero-order chi connectivity index (χ0) is 23.4. The normalized spacial score (nSPS) is 13.3. The Bertz CT molecular complexity index is 1190. The number of carbonyl (C=O) groups excluding carboxylic acids is 3. The van der Waals surface area contributed by atoms with Crippen LogP contribution in [0.15, 0.2) is 48.7 Å². The van der Waals surface area contributed by atoms with E-state index >= 15 is 0 Å². The molecule has 0 radical (unpaired) electrons. The molecule has 3 aromatic rings. The van der Waals surface area contributed by atoms with Crippen molar-refractivity contribution in [1.29, 1.82) is 0 Å². The minimum absolute atomic E-state index is 0.0943. The number of nitrogens with one attached hydrogen (secondary N) is 2. The molecule has 1 aliphatic heterocycles. The quantitative estimate of drug-likeness (QED) is 0.528. The van der Waals surface area contributed by atoms with Gasteiger partial charge in [0.05, 0.1) is 6.54 Å². The molecule has 1 aromatic heterocycles. The Morgan fingerprint density at radius 1 is 1.18 bits per heavy atom. The summed E-state index contributed by atoms with van der Waals surface area (Å²) in [6.45, 7) is 2.48. The van der Waals surface area contributed by atoms with Gasteiger partial charge in [-0.3, -0.25) is 14.4 Å². The number of hydrogen-bond donors (Lipinski definition) is 2. The minimum atomic E-state index is -0.361. The van der Waals surface area contributed by atoms with E-state index in [-0.39, 0.29) is 24.3 Å². The van der Waals surface area contributed by atoms with Crippen LogP contribution in [0.2, 0.25) is 5.02 Å². The van der Waals surface area contributed by atoms with Crippen LogP contribution in [0, 0.1) is 6.92 Å². The summed E-state index contributed by atoms with van der Waals surface area (Å²) in [5, 5.41) is 6.51. The van der Waals surface area contributed by atoms with E-state index in [0.717, 1.165) is 33.1 Å². The third-order valence-corrected chi connectivity index (χ3v) is 6.66. The number of benzene rings is 2. The van der Waals surface area contributed by atoms with Crippen LogP contribution >= 0.6 is 22.9 Å². The first-order valence-corrected chi connectivity index (χ1v) is 11.8. The van der Waals surface area contributed by atoms with Crippen molar-refractivity contribution in [2.45, 2.75) is 26.2 Å². The monoisotopic (exact) mass is 482 g/mol. The number of aryl methyl sites for hydroxylation is 1. The Morgan fingerprint density at radius 2 is 1.97 bits per heavy atom. The average molecular weight is 483 g/mol. The van der Waals surface area contributed by atoms with Crippen LogP contribution in [0.4, 0.5) is 10.8 Å². The number of hydrogen-bond acceptors (Lipinski definition) is 5. The van der Waals surface area contributed by atoms with Gasteiger partial charge in [-0.2, -0.15) is 0 Å². The molecule has 7 nitrogen and oxygen atoms in total. The van der Waals surface area contributed by atoms with E-state index < -0.39 is 0 Å². The van der Waals surface area contributed by atoms with Gasteiger partial charge >= 0.3 is 0 Å². The molecule has 1 aliphatic rings. The van der Waals surface area contributed by atoms with Crippen LogP contribution in [0.3, 0.4) is 0 Å². The number of anilines is 2. The lowest BCUT2D eigenvalue weighted by Crippen LogP contribution is -2.32. The third kappa shape index (κ3) is 5.77. The zero-order valence-electron chi connectivity index (χ0n) is 18.1. The standard InChI is InChI=1S/C24H23ClN4O3S/c1-15-4-5-16(12-20(15)25)11-19-13-27-24(33-19)28-21(30)14-26-23(32)17-6-8-18(9-7-17)29-10-2-3-22(29)31/h4-9,12-13H,2-3,10-11,14H2,1H3,(H,26,32)(H,27,28,30). The fraction of sp³-hybridized carbons (Fsp3) is 0.250. The Morgan fingerprint density at radius 3 is 2.67 bits per heavy atom. The number of rotatable bonds is 7. The molecule has 0 spiro atoms. The summed E-state index contributed by atoms with van der Waals surface area (Å²) in [7, 11) is 0. The summed E-state index contributed by atoms with van der Waals surface area (Å²) in [6, 6.07) is 12.7. The highest BCUT2D eigenvalue weighted by molar-refractivity contribution is 7.15. The van der Waals surface area contributed by atoms with Crippen LogP contribution in [0.5, 0.6) is 0 Å². The lowest BCUT2D eigenvalue weighted by Gasteiger charge is -2.15. The van der Waals surface area contributed by atoms with Gasteiger partial charge in [0.15, 0.2) is 5.13 Å². The van der Waals surface area contributed by atoms with E-state index in [2.05, 4.69) is 15.6 Å². The first-order chi connectivity index (χ1) is 15.9. The van der Waals surface area contributed by atoms with E-state index in [0.29, 0.717) is 30.1 Å². The second-order valence-electron chi connectivity index (χ2n) is 7.82. The molecule has 3 amide bonds. The highest BCUT2D eigenvalue weighted by atomic mass is 35.5. The summed E-state index contributed by atoms with van der Waals surface area (Å²) >= 11 is 7.56. The molecule has 0 aliphatic carbocycles. The molecule has 33 heavy (non-hydrogen) atoms. The van der Waals surface area contributed by atoms with Gasteiger partial charge in [-0.1, -0.05) is 23.7 Å².